The van der Waals surface area contributed by atoms with Gasteiger partial charge in [0.15, 0.2) is 0 Å². The van der Waals surface area contributed by atoms with E-state index in [1.54, 1.807) is 23.1 Å². The molecule has 0 aliphatic heterocycles. The van der Waals surface area contributed by atoms with Crippen LogP contribution in [0.3, 0.4) is 0 Å². The summed E-state index contributed by atoms with van der Waals surface area (Å²) in [5, 5.41) is 0. The van der Waals surface area contributed by atoms with Gasteiger partial charge in [-0.25, -0.2) is 0 Å². The van der Waals surface area contributed by atoms with Crippen LogP contribution in [0.4, 0.5) is 0 Å². The Morgan fingerprint density at radius 3 is 2.15 bits per heavy atom. The van der Waals surface area contributed by atoms with E-state index in [-0.39, 0.29) is 5.91 Å². The molecule has 106 valence electrons. The van der Waals surface area contributed by atoms with Gasteiger partial charge < -0.3 is 4.90 Å². The third-order valence-corrected chi connectivity index (χ3v) is 3.03. The minimum Gasteiger partial charge on any atom is -0.332 e. The van der Waals surface area contributed by atoms with Crippen LogP contribution >= 0.6 is 0 Å². The average Bonchev–Trinajstić information content (AvgIpc) is 2.45. The molecule has 1 aromatic carbocycles. The number of hydrogen-bond acceptors (Lipinski definition) is 1. The van der Waals surface area contributed by atoms with Crippen molar-refractivity contribution in [3.05, 3.63) is 66.8 Å². The second-order valence-electron chi connectivity index (χ2n) is 4.98. The second kappa shape index (κ2) is 8.16. The van der Waals surface area contributed by atoms with E-state index >= 15 is 0 Å². The molecule has 0 fully saturated rings. The van der Waals surface area contributed by atoms with E-state index in [9.17, 15) is 4.79 Å². The van der Waals surface area contributed by atoms with E-state index in [2.05, 4.69) is 39.1 Å². The van der Waals surface area contributed by atoms with Crippen molar-refractivity contribution in [2.24, 2.45) is 0 Å². The fourth-order valence-corrected chi connectivity index (χ4v) is 1.83. The Balaban J connectivity index is 2.72. The molecule has 20 heavy (non-hydrogen) atoms. The fraction of sp³-hybridized carbons (Fsp3) is 0.278. The third kappa shape index (κ3) is 4.88. The molecule has 0 aromatic heterocycles. The molecule has 0 bridgehead atoms. The highest BCUT2D eigenvalue weighted by Gasteiger charge is 2.06. The lowest BCUT2D eigenvalue weighted by molar-refractivity contribution is -0.124. The number of hydrogen-bond donors (Lipinski definition) is 0. The normalized spacial score (nSPS) is 10.8. The summed E-state index contributed by atoms with van der Waals surface area (Å²) in [6.45, 7) is 12.7. The molecule has 0 saturated heterocycles. The van der Waals surface area contributed by atoms with Crippen LogP contribution in [0.15, 0.2) is 55.7 Å². The molecule has 0 unspecified atom stereocenters. The van der Waals surface area contributed by atoms with Gasteiger partial charge in [-0.1, -0.05) is 50.3 Å². The number of carbonyl (C=O) groups is 1. The Labute approximate surface area is 122 Å². The van der Waals surface area contributed by atoms with E-state index in [4.69, 9.17) is 0 Å². The summed E-state index contributed by atoms with van der Waals surface area (Å²) in [5.41, 5.74) is 2.33. The molecular weight excluding hydrogens is 246 g/mol. The van der Waals surface area contributed by atoms with Crippen LogP contribution < -0.4 is 0 Å². The van der Waals surface area contributed by atoms with Gasteiger partial charge in [0.25, 0.3) is 0 Å². The van der Waals surface area contributed by atoms with Crippen LogP contribution in [0.1, 0.15) is 30.9 Å². The van der Waals surface area contributed by atoms with Crippen molar-refractivity contribution >= 4 is 12.0 Å². The Morgan fingerprint density at radius 1 is 1.15 bits per heavy atom. The Hall–Kier alpha value is -2.09. The Morgan fingerprint density at radius 2 is 1.70 bits per heavy atom. The van der Waals surface area contributed by atoms with Gasteiger partial charge in [0.05, 0.1) is 0 Å². The summed E-state index contributed by atoms with van der Waals surface area (Å²) in [7, 11) is 0. The Bertz CT molecular complexity index is 473. The summed E-state index contributed by atoms with van der Waals surface area (Å²) in [5.74, 6) is 0.489. The summed E-state index contributed by atoms with van der Waals surface area (Å²) >= 11 is 0. The predicted molar refractivity (Wildman–Crippen MR) is 86.5 cm³/mol. The maximum absolute atomic E-state index is 12.0. The number of carbonyl (C=O) groups excluding carboxylic acids is 1. The lowest BCUT2D eigenvalue weighted by Crippen LogP contribution is -2.29. The highest BCUT2D eigenvalue weighted by molar-refractivity contribution is 5.92. The van der Waals surface area contributed by atoms with Gasteiger partial charge in [-0.3, -0.25) is 4.79 Å². The standard InChI is InChI=1S/C18H23NO/c1-5-13-19(14-6-2)18(20)12-9-16-7-10-17(11-8-16)15(3)4/h5-12,15H,1-2,13-14H2,3-4H3/b12-9+. The zero-order chi connectivity index (χ0) is 15.0. The first-order chi connectivity index (χ1) is 9.58. The quantitative estimate of drug-likeness (QED) is 0.540. The van der Waals surface area contributed by atoms with E-state index in [0.717, 1.165) is 5.56 Å². The van der Waals surface area contributed by atoms with Crippen LogP contribution in [-0.4, -0.2) is 23.9 Å². The molecule has 0 saturated carbocycles. The molecular formula is C18H23NO. The SMILES string of the molecule is C=CCN(CC=C)C(=O)/C=C/c1ccc(C(C)C)cc1. The van der Waals surface area contributed by atoms with Crippen LogP contribution in [0, 0.1) is 0 Å². The highest BCUT2D eigenvalue weighted by atomic mass is 16.2. The van der Waals surface area contributed by atoms with Gasteiger partial charge in [0.1, 0.15) is 0 Å². The number of amides is 1. The first-order valence-electron chi connectivity index (χ1n) is 6.87. The van der Waals surface area contributed by atoms with Gasteiger partial charge in [-0.15, -0.1) is 13.2 Å². The van der Waals surface area contributed by atoms with Gasteiger partial charge in [-0.05, 0) is 23.1 Å². The lowest BCUT2D eigenvalue weighted by atomic mass is 10.0. The van der Waals surface area contributed by atoms with Gasteiger partial charge in [0, 0.05) is 19.2 Å². The maximum Gasteiger partial charge on any atom is 0.247 e. The summed E-state index contributed by atoms with van der Waals surface area (Å²) in [6, 6.07) is 8.26. The van der Waals surface area contributed by atoms with Crippen LogP contribution in [0.5, 0.6) is 0 Å². The zero-order valence-corrected chi connectivity index (χ0v) is 12.4. The molecule has 2 nitrogen and oxygen atoms in total. The predicted octanol–water partition coefficient (Wildman–Crippen LogP) is 4.02. The van der Waals surface area contributed by atoms with Crippen molar-refractivity contribution in [2.45, 2.75) is 19.8 Å². The number of nitrogens with zero attached hydrogens (tertiary/aromatic N) is 1. The molecule has 0 spiro atoms. The average molecular weight is 269 g/mol. The minimum absolute atomic E-state index is 0.0299. The van der Waals surface area contributed by atoms with E-state index in [0.29, 0.717) is 19.0 Å². The van der Waals surface area contributed by atoms with Crippen molar-refractivity contribution < 1.29 is 4.79 Å². The monoisotopic (exact) mass is 269 g/mol. The molecule has 0 N–H and O–H groups in total. The first kappa shape index (κ1) is 16.0. The van der Waals surface area contributed by atoms with Crippen LogP contribution in [0.25, 0.3) is 6.08 Å². The molecule has 0 aliphatic rings. The summed E-state index contributed by atoms with van der Waals surface area (Å²) < 4.78 is 0. The van der Waals surface area contributed by atoms with Gasteiger partial charge >= 0.3 is 0 Å². The summed E-state index contributed by atoms with van der Waals surface area (Å²) in [6.07, 6.45) is 6.86. The third-order valence-electron chi connectivity index (χ3n) is 3.03. The zero-order valence-electron chi connectivity index (χ0n) is 12.4. The molecule has 1 amide bonds. The smallest absolute Gasteiger partial charge is 0.247 e. The molecule has 0 atom stereocenters. The topological polar surface area (TPSA) is 20.3 Å². The molecule has 0 heterocycles. The molecule has 0 aliphatic carbocycles. The van der Waals surface area contributed by atoms with E-state index < -0.39 is 0 Å². The van der Waals surface area contributed by atoms with Crippen molar-refractivity contribution in [1.82, 2.24) is 4.90 Å². The van der Waals surface area contributed by atoms with Crippen molar-refractivity contribution in [1.29, 1.82) is 0 Å². The fourth-order valence-electron chi connectivity index (χ4n) is 1.83. The maximum atomic E-state index is 12.0. The van der Waals surface area contributed by atoms with Gasteiger partial charge in [0.2, 0.25) is 5.91 Å². The van der Waals surface area contributed by atoms with Crippen LogP contribution in [-0.2, 0) is 4.79 Å². The van der Waals surface area contributed by atoms with E-state index in [1.165, 1.54) is 5.56 Å². The molecule has 2 heteroatoms. The highest BCUT2D eigenvalue weighted by Crippen LogP contribution is 2.15. The van der Waals surface area contributed by atoms with Gasteiger partial charge in [-0.2, -0.15) is 0 Å². The number of benzene rings is 1. The van der Waals surface area contributed by atoms with Crippen molar-refractivity contribution in [2.75, 3.05) is 13.1 Å². The van der Waals surface area contributed by atoms with E-state index in [1.807, 2.05) is 18.2 Å². The molecule has 1 aromatic rings. The minimum atomic E-state index is -0.0299. The summed E-state index contributed by atoms with van der Waals surface area (Å²) in [4.78, 5) is 13.7. The largest absolute Gasteiger partial charge is 0.332 e. The number of rotatable bonds is 7. The second-order valence-corrected chi connectivity index (χ2v) is 4.98. The molecule has 0 radical (unpaired) electrons. The Kier molecular flexibility index (Phi) is 6.51. The lowest BCUT2D eigenvalue weighted by Gasteiger charge is -2.16. The first-order valence-corrected chi connectivity index (χ1v) is 6.87. The molecule has 1 rings (SSSR count). The van der Waals surface area contributed by atoms with Crippen molar-refractivity contribution in [3.8, 4) is 0 Å². The van der Waals surface area contributed by atoms with Crippen molar-refractivity contribution in [3.63, 3.8) is 0 Å². The van der Waals surface area contributed by atoms with Crippen LogP contribution in [0.2, 0.25) is 0 Å².